The molecule has 130 valence electrons. The van der Waals surface area contributed by atoms with E-state index in [2.05, 4.69) is 4.98 Å². The maximum absolute atomic E-state index is 11.6. The Morgan fingerprint density at radius 1 is 1.16 bits per heavy atom. The standard InChI is InChI=1S/C19H19NO5/c1-4-22-18(21)13(3)23-14-6-8-15(9-7-14)24-19-20-16-10-5-12(2)11-17(16)25-19/h5-11,13H,4H2,1-3H3. The van der Waals surface area contributed by atoms with E-state index in [-0.39, 0.29) is 6.08 Å². The Balaban J connectivity index is 1.66. The Morgan fingerprint density at radius 3 is 2.60 bits per heavy atom. The first-order valence-electron chi connectivity index (χ1n) is 8.03. The molecule has 0 radical (unpaired) electrons. The zero-order valence-corrected chi connectivity index (χ0v) is 14.3. The second-order valence-corrected chi connectivity index (χ2v) is 5.54. The van der Waals surface area contributed by atoms with Crippen molar-refractivity contribution in [2.24, 2.45) is 0 Å². The number of benzene rings is 2. The van der Waals surface area contributed by atoms with Crippen LogP contribution in [0.25, 0.3) is 11.1 Å². The molecule has 1 unspecified atom stereocenters. The normalized spacial score (nSPS) is 12.0. The van der Waals surface area contributed by atoms with Crippen LogP contribution in [0, 0.1) is 6.92 Å². The lowest BCUT2D eigenvalue weighted by molar-refractivity contribution is -0.150. The smallest absolute Gasteiger partial charge is 0.400 e. The number of hydrogen-bond donors (Lipinski definition) is 0. The number of esters is 1. The Bertz CT molecular complexity index is 869. The Kier molecular flexibility index (Phi) is 4.88. The molecular formula is C19H19NO5. The molecule has 0 bridgehead atoms. The zero-order valence-electron chi connectivity index (χ0n) is 14.3. The number of rotatable bonds is 6. The molecular weight excluding hydrogens is 322 g/mol. The Hall–Kier alpha value is -3.02. The molecule has 1 aromatic heterocycles. The molecule has 3 aromatic rings. The summed E-state index contributed by atoms with van der Waals surface area (Å²) >= 11 is 0. The van der Waals surface area contributed by atoms with Gasteiger partial charge in [-0.2, -0.15) is 4.98 Å². The van der Waals surface area contributed by atoms with Crippen LogP contribution >= 0.6 is 0 Å². The van der Waals surface area contributed by atoms with Crippen molar-refractivity contribution in [3.05, 3.63) is 48.0 Å². The number of carbonyl (C=O) groups is 1. The number of hydrogen-bond acceptors (Lipinski definition) is 6. The van der Waals surface area contributed by atoms with E-state index in [0.29, 0.717) is 23.7 Å². The lowest BCUT2D eigenvalue weighted by Crippen LogP contribution is -2.25. The number of fused-ring (bicyclic) bond motifs is 1. The topological polar surface area (TPSA) is 70.8 Å². The molecule has 0 saturated heterocycles. The van der Waals surface area contributed by atoms with E-state index in [1.165, 1.54) is 0 Å². The lowest BCUT2D eigenvalue weighted by atomic mass is 10.2. The minimum Gasteiger partial charge on any atom is -0.479 e. The van der Waals surface area contributed by atoms with E-state index in [9.17, 15) is 4.79 Å². The van der Waals surface area contributed by atoms with Crippen molar-refractivity contribution in [1.82, 2.24) is 4.98 Å². The fourth-order valence-electron chi connectivity index (χ4n) is 2.25. The predicted octanol–water partition coefficient (Wildman–Crippen LogP) is 4.26. The summed E-state index contributed by atoms with van der Waals surface area (Å²) in [7, 11) is 0. The molecule has 0 saturated carbocycles. The molecule has 3 rings (SSSR count). The first-order valence-corrected chi connectivity index (χ1v) is 8.03. The number of carbonyl (C=O) groups excluding carboxylic acids is 1. The van der Waals surface area contributed by atoms with Gasteiger partial charge in [-0.05, 0) is 62.7 Å². The number of oxazole rings is 1. The van der Waals surface area contributed by atoms with E-state index >= 15 is 0 Å². The highest BCUT2D eigenvalue weighted by atomic mass is 16.6. The van der Waals surface area contributed by atoms with Crippen molar-refractivity contribution in [2.75, 3.05) is 6.61 Å². The third-order valence-corrected chi connectivity index (χ3v) is 3.48. The van der Waals surface area contributed by atoms with Crippen molar-refractivity contribution in [2.45, 2.75) is 26.9 Å². The van der Waals surface area contributed by atoms with Crippen LogP contribution in [-0.4, -0.2) is 23.7 Å². The number of aryl methyl sites for hydroxylation is 1. The molecule has 0 aliphatic heterocycles. The van der Waals surface area contributed by atoms with Crippen LogP contribution < -0.4 is 9.47 Å². The largest absolute Gasteiger partial charge is 0.479 e. The van der Waals surface area contributed by atoms with Crippen LogP contribution in [0.3, 0.4) is 0 Å². The van der Waals surface area contributed by atoms with Gasteiger partial charge in [0.25, 0.3) is 0 Å². The van der Waals surface area contributed by atoms with Gasteiger partial charge in [0.15, 0.2) is 11.7 Å². The Labute approximate surface area is 145 Å². The molecule has 6 nitrogen and oxygen atoms in total. The van der Waals surface area contributed by atoms with Gasteiger partial charge in [-0.25, -0.2) is 4.79 Å². The minimum atomic E-state index is -0.674. The average Bonchev–Trinajstić information content (AvgIpc) is 2.98. The van der Waals surface area contributed by atoms with Gasteiger partial charge in [0.2, 0.25) is 0 Å². The highest BCUT2D eigenvalue weighted by molar-refractivity contribution is 5.74. The van der Waals surface area contributed by atoms with Crippen LogP contribution in [0.1, 0.15) is 19.4 Å². The molecule has 0 amide bonds. The fourth-order valence-corrected chi connectivity index (χ4v) is 2.25. The van der Waals surface area contributed by atoms with Crippen LogP contribution in [0.2, 0.25) is 0 Å². The summed E-state index contributed by atoms with van der Waals surface area (Å²) in [6.45, 7) is 5.70. The molecule has 25 heavy (non-hydrogen) atoms. The SMILES string of the molecule is CCOC(=O)C(C)Oc1ccc(Oc2nc3ccc(C)cc3o2)cc1. The molecule has 0 fully saturated rings. The van der Waals surface area contributed by atoms with Gasteiger partial charge < -0.3 is 18.6 Å². The molecule has 0 aliphatic rings. The van der Waals surface area contributed by atoms with Crippen molar-refractivity contribution >= 4 is 17.1 Å². The molecule has 1 heterocycles. The van der Waals surface area contributed by atoms with Crippen molar-refractivity contribution in [3.63, 3.8) is 0 Å². The molecule has 1 atom stereocenters. The van der Waals surface area contributed by atoms with Crippen molar-refractivity contribution < 1.29 is 23.4 Å². The number of aromatic nitrogens is 1. The van der Waals surface area contributed by atoms with E-state index in [1.54, 1.807) is 38.1 Å². The molecule has 0 aliphatic carbocycles. The first kappa shape index (κ1) is 16.8. The monoisotopic (exact) mass is 341 g/mol. The minimum absolute atomic E-state index is 0.175. The van der Waals surface area contributed by atoms with Gasteiger partial charge in [-0.1, -0.05) is 6.07 Å². The summed E-state index contributed by atoms with van der Waals surface area (Å²) in [4.78, 5) is 15.9. The summed E-state index contributed by atoms with van der Waals surface area (Å²) in [6, 6.07) is 12.6. The predicted molar refractivity (Wildman–Crippen MR) is 92.0 cm³/mol. The maximum Gasteiger partial charge on any atom is 0.400 e. The third kappa shape index (κ3) is 4.09. The Morgan fingerprint density at radius 2 is 1.88 bits per heavy atom. The van der Waals surface area contributed by atoms with Crippen molar-refractivity contribution in [1.29, 1.82) is 0 Å². The van der Waals surface area contributed by atoms with E-state index < -0.39 is 12.1 Å². The lowest BCUT2D eigenvalue weighted by Gasteiger charge is -2.13. The van der Waals surface area contributed by atoms with Crippen LogP contribution in [0.15, 0.2) is 46.9 Å². The van der Waals surface area contributed by atoms with Gasteiger partial charge in [-0.15, -0.1) is 0 Å². The molecule has 0 N–H and O–H groups in total. The highest BCUT2D eigenvalue weighted by Crippen LogP contribution is 2.27. The van der Waals surface area contributed by atoms with E-state index in [0.717, 1.165) is 11.1 Å². The van der Waals surface area contributed by atoms with Crippen molar-refractivity contribution in [3.8, 4) is 17.6 Å². The molecule has 6 heteroatoms. The quantitative estimate of drug-likeness (QED) is 0.624. The van der Waals surface area contributed by atoms with Gasteiger partial charge in [-0.3, -0.25) is 0 Å². The summed E-state index contributed by atoms with van der Waals surface area (Å²) in [5.41, 5.74) is 2.51. The van der Waals surface area contributed by atoms with Crippen LogP contribution in [0.5, 0.6) is 17.6 Å². The van der Waals surface area contributed by atoms with Gasteiger partial charge in [0.1, 0.15) is 17.0 Å². The second kappa shape index (κ2) is 7.25. The zero-order chi connectivity index (χ0) is 17.8. The van der Waals surface area contributed by atoms with Crippen LogP contribution in [0.4, 0.5) is 0 Å². The summed E-state index contributed by atoms with van der Waals surface area (Å²) in [6.07, 6.45) is -0.499. The number of nitrogens with zero attached hydrogens (tertiary/aromatic N) is 1. The van der Waals surface area contributed by atoms with Gasteiger partial charge in [0, 0.05) is 0 Å². The third-order valence-electron chi connectivity index (χ3n) is 3.48. The maximum atomic E-state index is 11.6. The highest BCUT2D eigenvalue weighted by Gasteiger charge is 2.15. The van der Waals surface area contributed by atoms with Gasteiger partial charge >= 0.3 is 12.0 Å². The molecule has 0 spiro atoms. The summed E-state index contributed by atoms with van der Waals surface area (Å²) in [5, 5.41) is 0. The summed E-state index contributed by atoms with van der Waals surface area (Å²) < 4.78 is 21.6. The van der Waals surface area contributed by atoms with Crippen LogP contribution in [-0.2, 0) is 9.53 Å². The first-order chi connectivity index (χ1) is 12.0. The second-order valence-electron chi connectivity index (χ2n) is 5.54. The average molecular weight is 341 g/mol. The van der Waals surface area contributed by atoms with E-state index in [4.69, 9.17) is 18.6 Å². The number of ether oxygens (including phenoxy) is 3. The van der Waals surface area contributed by atoms with Gasteiger partial charge in [0.05, 0.1) is 6.61 Å². The summed E-state index contributed by atoms with van der Waals surface area (Å²) in [5.74, 6) is 0.699. The van der Waals surface area contributed by atoms with E-state index in [1.807, 2.05) is 25.1 Å². The fraction of sp³-hybridized carbons (Fsp3) is 0.263. The molecule has 2 aromatic carbocycles.